The molecule has 4 heterocycles. The van der Waals surface area contributed by atoms with Gasteiger partial charge in [0, 0.05) is 43.3 Å². The summed E-state index contributed by atoms with van der Waals surface area (Å²) in [5, 5.41) is 9.01. The standard InChI is InChI=1S/C25H24FN7O3S/c1-16-14-17(2)28-25(27-16)37-15-20-22(29-30-33(20)19-7-5-18(26)6-8-19)24(35)32-11-9-31(10-12-32)23(34)21-4-3-13-36-21/h3-8,13-14H,9-12,15H2,1-2H3. The van der Waals surface area contributed by atoms with E-state index in [9.17, 15) is 14.0 Å². The molecule has 0 radical (unpaired) electrons. The number of rotatable bonds is 6. The Morgan fingerprint density at radius 2 is 1.62 bits per heavy atom. The van der Waals surface area contributed by atoms with E-state index in [1.807, 2.05) is 19.9 Å². The summed E-state index contributed by atoms with van der Waals surface area (Å²) in [7, 11) is 0. The monoisotopic (exact) mass is 521 g/mol. The van der Waals surface area contributed by atoms with Crippen LogP contribution in [-0.4, -0.2) is 72.8 Å². The van der Waals surface area contributed by atoms with Crippen molar-refractivity contribution in [3.63, 3.8) is 0 Å². The van der Waals surface area contributed by atoms with Crippen molar-refractivity contribution < 1.29 is 18.4 Å². The Kier molecular flexibility index (Phi) is 6.99. The number of halogens is 1. The number of thioether (sulfide) groups is 1. The molecule has 10 nitrogen and oxygen atoms in total. The van der Waals surface area contributed by atoms with Gasteiger partial charge in [-0.1, -0.05) is 17.0 Å². The van der Waals surface area contributed by atoms with Gasteiger partial charge >= 0.3 is 0 Å². The molecule has 4 aromatic rings. The molecule has 2 amide bonds. The highest BCUT2D eigenvalue weighted by Gasteiger charge is 2.30. The van der Waals surface area contributed by atoms with Crippen LogP contribution in [0.15, 0.2) is 58.3 Å². The van der Waals surface area contributed by atoms with E-state index in [2.05, 4.69) is 20.3 Å². The van der Waals surface area contributed by atoms with E-state index < -0.39 is 0 Å². The van der Waals surface area contributed by atoms with E-state index in [1.165, 1.54) is 30.2 Å². The minimum absolute atomic E-state index is 0.201. The fraction of sp³-hybridized carbons (Fsp3) is 0.280. The minimum atomic E-state index is -0.373. The summed E-state index contributed by atoms with van der Waals surface area (Å²) in [6, 6.07) is 11.0. The fourth-order valence-corrected chi connectivity index (χ4v) is 5.04. The number of hydrogen-bond acceptors (Lipinski definition) is 8. The number of nitrogens with zero attached hydrogens (tertiary/aromatic N) is 7. The van der Waals surface area contributed by atoms with Crippen LogP contribution in [0.3, 0.4) is 0 Å². The first-order valence-electron chi connectivity index (χ1n) is 11.7. The van der Waals surface area contributed by atoms with Gasteiger partial charge in [-0.25, -0.2) is 19.0 Å². The van der Waals surface area contributed by atoms with Crippen molar-refractivity contribution in [2.24, 2.45) is 0 Å². The van der Waals surface area contributed by atoms with Crippen molar-refractivity contribution in [2.75, 3.05) is 26.2 Å². The van der Waals surface area contributed by atoms with Crippen LogP contribution >= 0.6 is 11.8 Å². The lowest BCUT2D eigenvalue weighted by molar-refractivity contribution is 0.0514. The summed E-state index contributed by atoms with van der Waals surface area (Å²) in [6.45, 7) is 5.24. The number of amides is 2. The number of aromatic nitrogens is 5. The molecule has 1 aromatic carbocycles. The van der Waals surface area contributed by atoms with Crippen molar-refractivity contribution in [1.82, 2.24) is 34.8 Å². The second-order valence-electron chi connectivity index (χ2n) is 8.56. The lowest BCUT2D eigenvalue weighted by Gasteiger charge is -2.34. The largest absolute Gasteiger partial charge is 0.459 e. The normalized spacial score (nSPS) is 13.7. The molecule has 1 saturated heterocycles. The summed E-state index contributed by atoms with van der Waals surface area (Å²) < 4.78 is 20.3. The fourth-order valence-electron chi connectivity index (χ4n) is 4.10. The third kappa shape index (κ3) is 5.38. The Hall–Kier alpha value is -4.06. The molecule has 12 heteroatoms. The summed E-state index contributed by atoms with van der Waals surface area (Å²) in [4.78, 5) is 38.4. The van der Waals surface area contributed by atoms with Gasteiger partial charge in [0.1, 0.15) is 5.82 Å². The van der Waals surface area contributed by atoms with Gasteiger partial charge in [0.25, 0.3) is 11.8 Å². The van der Waals surface area contributed by atoms with Crippen LogP contribution in [0, 0.1) is 19.7 Å². The predicted octanol–water partition coefficient (Wildman–Crippen LogP) is 3.30. The molecule has 1 aliphatic heterocycles. The second-order valence-corrected chi connectivity index (χ2v) is 9.50. The van der Waals surface area contributed by atoms with Crippen LogP contribution < -0.4 is 0 Å². The zero-order chi connectivity index (χ0) is 25.9. The van der Waals surface area contributed by atoms with E-state index in [4.69, 9.17) is 4.42 Å². The number of hydrogen-bond donors (Lipinski definition) is 0. The summed E-state index contributed by atoms with van der Waals surface area (Å²) in [5.74, 6) is -0.261. The zero-order valence-corrected chi connectivity index (χ0v) is 21.1. The third-order valence-electron chi connectivity index (χ3n) is 5.92. The lowest BCUT2D eigenvalue weighted by Crippen LogP contribution is -2.50. The van der Waals surface area contributed by atoms with Gasteiger partial charge in [0.05, 0.1) is 17.6 Å². The molecule has 0 bridgehead atoms. The summed E-state index contributed by atoms with van der Waals surface area (Å²) in [5.41, 5.74) is 3.03. The van der Waals surface area contributed by atoms with Crippen molar-refractivity contribution in [3.05, 3.63) is 83.1 Å². The van der Waals surface area contributed by atoms with Crippen molar-refractivity contribution in [3.8, 4) is 5.69 Å². The first-order valence-corrected chi connectivity index (χ1v) is 12.7. The van der Waals surface area contributed by atoms with Crippen LogP contribution in [0.25, 0.3) is 5.69 Å². The molecule has 0 spiro atoms. The number of piperazine rings is 1. The molecule has 1 aliphatic rings. The molecule has 0 aliphatic carbocycles. The van der Waals surface area contributed by atoms with Gasteiger partial charge in [0.15, 0.2) is 16.6 Å². The maximum atomic E-state index is 13.5. The lowest BCUT2D eigenvalue weighted by atomic mass is 10.2. The SMILES string of the molecule is Cc1cc(C)nc(SCc2c(C(=O)N3CCN(C(=O)c4ccco4)CC3)nnn2-c2ccc(F)cc2)n1. The van der Waals surface area contributed by atoms with Gasteiger partial charge in [-0.05, 0) is 56.3 Å². The number of carbonyl (C=O) groups is 2. The van der Waals surface area contributed by atoms with E-state index in [1.54, 1.807) is 38.7 Å². The Bertz CT molecular complexity index is 1390. The molecule has 0 unspecified atom stereocenters. The van der Waals surface area contributed by atoms with E-state index in [0.717, 1.165) is 11.4 Å². The number of furan rings is 1. The summed E-state index contributed by atoms with van der Waals surface area (Å²) >= 11 is 1.37. The van der Waals surface area contributed by atoms with E-state index in [0.29, 0.717) is 48.5 Å². The molecule has 37 heavy (non-hydrogen) atoms. The second kappa shape index (κ2) is 10.5. The Morgan fingerprint density at radius 3 is 2.24 bits per heavy atom. The molecule has 0 N–H and O–H groups in total. The number of carbonyl (C=O) groups excluding carboxylic acids is 2. The molecule has 5 rings (SSSR count). The maximum absolute atomic E-state index is 13.5. The molecule has 190 valence electrons. The van der Waals surface area contributed by atoms with Gasteiger partial charge in [-0.2, -0.15) is 0 Å². The smallest absolute Gasteiger partial charge is 0.289 e. The first kappa shape index (κ1) is 24.6. The van der Waals surface area contributed by atoms with Gasteiger partial charge in [0.2, 0.25) is 0 Å². The van der Waals surface area contributed by atoms with Crippen LogP contribution in [0.4, 0.5) is 4.39 Å². The highest BCUT2D eigenvalue weighted by Crippen LogP contribution is 2.25. The van der Waals surface area contributed by atoms with Crippen molar-refractivity contribution in [1.29, 1.82) is 0 Å². The average Bonchev–Trinajstić information content (AvgIpc) is 3.57. The number of benzene rings is 1. The van der Waals surface area contributed by atoms with Gasteiger partial charge in [-0.3, -0.25) is 9.59 Å². The number of aryl methyl sites for hydroxylation is 2. The van der Waals surface area contributed by atoms with Crippen molar-refractivity contribution in [2.45, 2.75) is 24.8 Å². The van der Waals surface area contributed by atoms with Gasteiger partial charge < -0.3 is 14.2 Å². The van der Waals surface area contributed by atoms with Crippen LogP contribution in [0.2, 0.25) is 0 Å². The molecule has 3 aromatic heterocycles. The molecule has 0 atom stereocenters. The van der Waals surface area contributed by atoms with Gasteiger partial charge in [-0.15, -0.1) is 5.10 Å². The van der Waals surface area contributed by atoms with E-state index >= 15 is 0 Å². The zero-order valence-electron chi connectivity index (χ0n) is 20.3. The quantitative estimate of drug-likeness (QED) is 0.281. The molecular formula is C25H24FN7O3S. The minimum Gasteiger partial charge on any atom is -0.459 e. The Morgan fingerprint density at radius 1 is 0.973 bits per heavy atom. The highest BCUT2D eigenvalue weighted by molar-refractivity contribution is 7.98. The first-order chi connectivity index (χ1) is 17.9. The van der Waals surface area contributed by atoms with Crippen LogP contribution in [-0.2, 0) is 5.75 Å². The Balaban J connectivity index is 1.37. The van der Waals surface area contributed by atoms with Crippen LogP contribution in [0.5, 0.6) is 0 Å². The predicted molar refractivity (Wildman–Crippen MR) is 133 cm³/mol. The summed E-state index contributed by atoms with van der Waals surface area (Å²) in [6.07, 6.45) is 1.46. The Labute approximate surface area is 216 Å². The maximum Gasteiger partial charge on any atom is 0.289 e. The van der Waals surface area contributed by atoms with E-state index in [-0.39, 0.29) is 29.1 Å². The average molecular weight is 522 g/mol. The third-order valence-corrected chi connectivity index (χ3v) is 6.78. The van der Waals surface area contributed by atoms with Crippen molar-refractivity contribution >= 4 is 23.6 Å². The molecular weight excluding hydrogens is 497 g/mol. The van der Waals surface area contributed by atoms with Crippen LogP contribution in [0.1, 0.15) is 38.1 Å². The topological polar surface area (TPSA) is 110 Å². The molecule has 0 saturated carbocycles. The molecule has 1 fully saturated rings. The highest BCUT2D eigenvalue weighted by atomic mass is 32.2.